The first-order valence-electron chi connectivity index (χ1n) is 9.70. The molecule has 2 aliphatic heterocycles. The molecule has 1 atom stereocenters. The van der Waals surface area contributed by atoms with Crippen LogP contribution in [0.4, 0.5) is 10.3 Å². The summed E-state index contributed by atoms with van der Waals surface area (Å²) in [4.78, 5) is 21.5. The molecule has 150 valence electrons. The molecule has 4 heterocycles. The number of fused-ring (bicyclic) bond motifs is 1. The number of amides is 1. The molecule has 0 aliphatic carbocycles. The number of benzene rings is 1. The van der Waals surface area contributed by atoms with E-state index in [4.69, 9.17) is 0 Å². The van der Waals surface area contributed by atoms with E-state index in [1.54, 1.807) is 4.90 Å². The van der Waals surface area contributed by atoms with Gasteiger partial charge in [-0.15, -0.1) is 10.2 Å². The van der Waals surface area contributed by atoms with Crippen LogP contribution >= 0.6 is 11.5 Å². The van der Waals surface area contributed by atoms with E-state index >= 15 is 0 Å². The van der Waals surface area contributed by atoms with Crippen molar-refractivity contribution < 1.29 is 9.18 Å². The maximum atomic E-state index is 13.2. The second-order valence-electron chi connectivity index (χ2n) is 7.31. The van der Waals surface area contributed by atoms with E-state index in [1.807, 2.05) is 11.5 Å². The zero-order valence-electron chi connectivity index (χ0n) is 16.0. The van der Waals surface area contributed by atoms with E-state index in [0.717, 1.165) is 29.9 Å². The summed E-state index contributed by atoms with van der Waals surface area (Å²) in [5, 5.41) is 9.44. The Kier molecular flexibility index (Phi) is 4.50. The third-order valence-corrected chi connectivity index (χ3v) is 6.23. The van der Waals surface area contributed by atoms with Gasteiger partial charge in [-0.3, -0.25) is 4.79 Å². The van der Waals surface area contributed by atoms with Crippen LogP contribution in [0.25, 0.3) is 10.8 Å². The Labute approximate surface area is 171 Å². The van der Waals surface area contributed by atoms with Crippen LogP contribution in [0.5, 0.6) is 0 Å². The molecule has 2 aliphatic rings. The third-order valence-electron chi connectivity index (χ3n) is 5.53. The van der Waals surface area contributed by atoms with Gasteiger partial charge in [0.2, 0.25) is 5.95 Å². The zero-order valence-corrected chi connectivity index (χ0v) is 16.8. The van der Waals surface area contributed by atoms with Crippen LogP contribution in [0.15, 0.2) is 24.3 Å². The monoisotopic (exact) mass is 413 g/mol. The molecule has 29 heavy (non-hydrogen) atoms. The highest BCUT2D eigenvalue weighted by molar-refractivity contribution is 7.09. The van der Waals surface area contributed by atoms with Crippen LogP contribution in [0.2, 0.25) is 0 Å². The molecule has 1 saturated heterocycles. The summed E-state index contributed by atoms with van der Waals surface area (Å²) < 4.78 is 19.7. The van der Waals surface area contributed by atoms with Crippen molar-refractivity contribution in [3.63, 3.8) is 0 Å². The number of carbonyl (C=O) groups is 1. The zero-order chi connectivity index (χ0) is 20.0. The molecule has 0 spiro atoms. The van der Waals surface area contributed by atoms with Crippen molar-refractivity contribution in [1.82, 2.24) is 29.0 Å². The Morgan fingerprint density at radius 1 is 1.10 bits per heavy atom. The van der Waals surface area contributed by atoms with Gasteiger partial charge in [-0.05, 0) is 55.6 Å². The Bertz CT molecular complexity index is 1040. The van der Waals surface area contributed by atoms with Crippen molar-refractivity contribution in [1.29, 1.82) is 0 Å². The van der Waals surface area contributed by atoms with E-state index in [-0.39, 0.29) is 17.8 Å². The second-order valence-corrected chi connectivity index (χ2v) is 8.06. The molecule has 10 heteroatoms. The number of rotatable bonds is 3. The molecule has 1 amide bonds. The molecule has 0 N–H and O–H groups in total. The van der Waals surface area contributed by atoms with Gasteiger partial charge in [-0.1, -0.05) is 0 Å². The minimum Gasteiger partial charge on any atom is -0.340 e. The van der Waals surface area contributed by atoms with Crippen LogP contribution in [0.3, 0.4) is 0 Å². The van der Waals surface area contributed by atoms with Crippen LogP contribution in [-0.4, -0.2) is 54.6 Å². The fraction of sp³-hybridized carbons (Fsp3) is 0.421. The standard InChI is InChI=1S/C19H20FN7OS/c1-12-15-22-23-16(17-21-19(24-29-17)25-8-2-3-9-25)27(15)11-10-26(12)18(28)13-4-6-14(20)7-5-13/h4-7,12H,2-3,8-11H2,1H3/t12-/m1/s1. The van der Waals surface area contributed by atoms with Crippen LogP contribution in [-0.2, 0) is 6.54 Å². The molecule has 2 aromatic heterocycles. The lowest BCUT2D eigenvalue weighted by atomic mass is 10.1. The highest BCUT2D eigenvalue weighted by Crippen LogP contribution is 2.31. The average Bonchev–Trinajstić information content (AvgIpc) is 3.47. The quantitative estimate of drug-likeness (QED) is 0.657. The van der Waals surface area contributed by atoms with E-state index in [2.05, 4.69) is 24.5 Å². The molecule has 0 unspecified atom stereocenters. The van der Waals surface area contributed by atoms with E-state index in [9.17, 15) is 9.18 Å². The van der Waals surface area contributed by atoms with Gasteiger partial charge < -0.3 is 14.4 Å². The molecule has 3 aromatic rings. The Morgan fingerprint density at radius 3 is 2.62 bits per heavy atom. The molecular weight excluding hydrogens is 393 g/mol. The maximum absolute atomic E-state index is 13.2. The molecule has 5 rings (SSSR count). The minimum absolute atomic E-state index is 0.138. The Hall–Kier alpha value is -2.88. The number of hydrogen-bond acceptors (Lipinski definition) is 7. The minimum atomic E-state index is -0.358. The van der Waals surface area contributed by atoms with Gasteiger partial charge in [0.1, 0.15) is 5.82 Å². The number of carbonyl (C=O) groups excluding carboxylic acids is 1. The van der Waals surface area contributed by atoms with Crippen molar-refractivity contribution in [2.45, 2.75) is 32.4 Å². The van der Waals surface area contributed by atoms with Crippen molar-refractivity contribution >= 4 is 23.4 Å². The normalized spacial score (nSPS) is 18.9. The lowest BCUT2D eigenvalue weighted by molar-refractivity contribution is 0.0638. The highest BCUT2D eigenvalue weighted by Gasteiger charge is 2.33. The van der Waals surface area contributed by atoms with Crippen molar-refractivity contribution in [2.75, 3.05) is 24.5 Å². The fourth-order valence-electron chi connectivity index (χ4n) is 3.93. The van der Waals surface area contributed by atoms with Gasteiger partial charge in [-0.25, -0.2) is 4.39 Å². The van der Waals surface area contributed by atoms with Crippen molar-refractivity contribution in [3.8, 4) is 10.8 Å². The predicted octanol–water partition coefficient (Wildman–Crippen LogP) is 2.75. The van der Waals surface area contributed by atoms with E-state index < -0.39 is 0 Å². The number of anilines is 1. The number of aromatic nitrogens is 5. The van der Waals surface area contributed by atoms with Gasteiger partial charge in [0.05, 0.1) is 6.04 Å². The first-order chi connectivity index (χ1) is 14.1. The third kappa shape index (κ3) is 3.17. The van der Waals surface area contributed by atoms with Crippen LogP contribution < -0.4 is 4.90 Å². The summed E-state index contributed by atoms with van der Waals surface area (Å²) in [5.41, 5.74) is 0.464. The summed E-state index contributed by atoms with van der Waals surface area (Å²) in [6.45, 7) is 5.01. The average molecular weight is 413 g/mol. The highest BCUT2D eigenvalue weighted by atomic mass is 32.1. The second kappa shape index (κ2) is 7.18. The van der Waals surface area contributed by atoms with Gasteiger partial charge in [0.15, 0.2) is 16.7 Å². The number of halogens is 1. The molecule has 8 nitrogen and oxygen atoms in total. The SMILES string of the molecule is C[C@@H]1c2nnc(-c3nc(N4CCCC4)ns3)n2CCN1C(=O)c1ccc(F)cc1. The van der Waals surface area contributed by atoms with Crippen LogP contribution in [0, 0.1) is 5.82 Å². The topological polar surface area (TPSA) is 80.0 Å². The Balaban J connectivity index is 1.39. The molecule has 0 saturated carbocycles. The summed E-state index contributed by atoms with van der Waals surface area (Å²) in [5.74, 6) is 1.68. The van der Waals surface area contributed by atoms with Gasteiger partial charge in [0, 0.05) is 31.7 Å². The van der Waals surface area contributed by atoms with E-state index in [0.29, 0.717) is 24.5 Å². The number of nitrogens with zero attached hydrogens (tertiary/aromatic N) is 7. The van der Waals surface area contributed by atoms with Crippen molar-refractivity contribution in [2.24, 2.45) is 0 Å². The predicted molar refractivity (Wildman–Crippen MR) is 106 cm³/mol. The number of hydrogen-bond donors (Lipinski definition) is 0. The summed E-state index contributed by atoms with van der Waals surface area (Å²) >= 11 is 1.33. The summed E-state index contributed by atoms with van der Waals surface area (Å²) in [6.07, 6.45) is 2.34. The first kappa shape index (κ1) is 18.2. The van der Waals surface area contributed by atoms with Crippen molar-refractivity contribution in [3.05, 3.63) is 41.5 Å². The molecule has 0 bridgehead atoms. The molecule has 1 fully saturated rings. The lowest BCUT2D eigenvalue weighted by Crippen LogP contribution is -2.41. The smallest absolute Gasteiger partial charge is 0.254 e. The van der Waals surface area contributed by atoms with Crippen LogP contribution in [0.1, 0.15) is 42.0 Å². The van der Waals surface area contributed by atoms with Gasteiger partial charge in [0.25, 0.3) is 5.91 Å². The fourth-order valence-corrected chi connectivity index (χ4v) is 4.61. The molecular formula is C19H20FN7OS. The molecule has 0 radical (unpaired) electrons. The van der Waals surface area contributed by atoms with Gasteiger partial charge in [-0.2, -0.15) is 9.36 Å². The Morgan fingerprint density at radius 2 is 1.86 bits per heavy atom. The molecule has 1 aromatic carbocycles. The largest absolute Gasteiger partial charge is 0.340 e. The lowest BCUT2D eigenvalue weighted by Gasteiger charge is -2.33. The van der Waals surface area contributed by atoms with Gasteiger partial charge >= 0.3 is 0 Å². The summed E-state index contributed by atoms with van der Waals surface area (Å²) in [7, 11) is 0. The first-order valence-corrected chi connectivity index (χ1v) is 10.5. The maximum Gasteiger partial charge on any atom is 0.254 e. The van der Waals surface area contributed by atoms with E-state index in [1.165, 1.54) is 48.6 Å². The summed E-state index contributed by atoms with van der Waals surface area (Å²) in [6, 6.07) is 5.38.